The molecule has 0 saturated carbocycles. The van der Waals surface area contributed by atoms with Gasteiger partial charge < -0.3 is 10.6 Å². The molecule has 0 saturated heterocycles. The van der Waals surface area contributed by atoms with E-state index in [1.807, 2.05) is 14.0 Å². The lowest BCUT2D eigenvalue weighted by Gasteiger charge is -2.22. The summed E-state index contributed by atoms with van der Waals surface area (Å²) in [5, 5.41) is 0. The number of nitrogen functional groups attached to an aromatic ring is 1. The Morgan fingerprint density at radius 3 is 2.64 bits per heavy atom. The fraction of sp³-hybridized carbons (Fsp3) is 0.600. The average Bonchev–Trinajstić information content (AvgIpc) is 2.08. The molecule has 4 heteroatoms. The molecule has 0 aromatic carbocycles. The maximum Gasteiger partial charge on any atom is 0.136 e. The molecule has 0 aliphatic heterocycles. The van der Waals surface area contributed by atoms with Crippen molar-refractivity contribution in [2.24, 2.45) is 5.92 Å². The molecule has 1 aromatic rings. The van der Waals surface area contributed by atoms with Gasteiger partial charge in [0.2, 0.25) is 0 Å². The fourth-order valence-corrected chi connectivity index (χ4v) is 1.47. The lowest BCUT2D eigenvalue weighted by Crippen LogP contribution is -2.24. The van der Waals surface area contributed by atoms with E-state index in [2.05, 4.69) is 28.7 Å². The first kappa shape index (κ1) is 10.8. The number of rotatable bonds is 3. The molecule has 78 valence electrons. The van der Waals surface area contributed by atoms with Gasteiger partial charge in [-0.3, -0.25) is 0 Å². The minimum atomic E-state index is 0.561. The van der Waals surface area contributed by atoms with Crippen molar-refractivity contribution in [1.29, 1.82) is 0 Å². The van der Waals surface area contributed by atoms with Crippen LogP contribution in [-0.4, -0.2) is 23.6 Å². The second-order valence-electron chi connectivity index (χ2n) is 3.98. The van der Waals surface area contributed by atoms with E-state index < -0.39 is 0 Å². The van der Waals surface area contributed by atoms with E-state index in [0.29, 0.717) is 11.7 Å². The van der Waals surface area contributed by atoms with Crippen LogP contribution >= 0.6 is 0 Å². The summed E-state index contributed by atoms with van der Waals surface area (Å²) in [5.41, 5.74) is 6.67. The van der Waals surface area contributed by atoms with Gasteiger partial charge in [-0.1, -0.05) is 13.8 Å². The molecule has 0 atom stereocenters. The molecule has 0 unspecified atom stereocenters. The largest absolute Gasteiger partial charge is 0.383 e. The van der Waals surface area contributed by atoms with Crippen LogP contribution < -0.4 is 10.6 Å². The minimum Gasteiger partial charge on any atom is -0.383 e. The van der Waals surface area contributed by atoms with Crippen LogP contribution in [0.4, 0.5) is 11.6 Å². The maximum atomic E-state index is 5.71. The van der Waals surface area contributed by atoms with Crippen LogP contribution in [0.25, 0.3) is 0 Å². The molecule has 0 fully saturated rings. The highest BCUT2D eigenvalue weighted by Gasteiger charge is 2.09. The van der Waals surface area contributed by atoms with Crippen molar-refractivity contribution in [2.75, 3.05) is 24.2 Å². The van der Waals surface area contributed by atoms with E-state index in [4.69, 9.17) is 5.73 Å². The lowest BCUT2D eigenvalue weighted by molar-refractivity contribution is 0.633. The topological polar surface area (TPSA) is 55.0 Å². The van der Waals surface area contributed by atoms with Gasteiger partial charge in [-0.25, -0.2) is 9.97 Å². The second kappa shape index (κ2) is 4.26. The molecule has 1 heterocycles. The molecule has 0 spiro atoms. The fourth-order valence-electron chi connectivity index (χ4n) is 1.47. The minimum absolute atomic E-state index is 0.561. The summed E-state index contributed by atoms with van der Waals surface area (Å²) < 4.78 is 0. The zero-order valence-corrected chi connectivity index (χ0v) is 9.28. The Bertz CT molecular complexity index is 309. The Hall–Kier alpha value is -1.32. The highest BCUT2D eigenvalue weighted by molar-refractivity contribution is 5.55. The van der Waals surface area contributed by atoms with Crippen molar-refractivity contribution in [3.63, 3.8) is 0 Å². The highest BCUT2D eigenvalue weighted by Crippen LogP contribution is 2.19. The number of aromatic nitrogens is 2. The first-order valence-electron chi connectivity index (χ1n) is 4.80. The quantitative estimate of drug-likeness (QED) is 0.791. The van der Waals surface area contributed by atoms with E-state index >= 15 is 0 Å². The Kier molecular flexibility index (Phi) is 3.28. The van der Waals surface area contributed by atoms with E-state index in [0.717, 1.165) is 17.9 Å². The van der Waals surface area contributed by atoms with Gasteiger partial charge in [0.25, 0.3) is 0 Å². The average molecular weight is 194 g/mol. The van der Waals surface area contributed by atoms with E-state index in [9.17, 15) is 0 Å². The van der Waals surface area contributed by atoms with Gasteiger partial charge >= 0.3 is 0 Å². The van der Waals surface area contributed by atoms with Crippen molar-refractivity contribution >= 4 is 11.6 Å². The third-order valence-electron chi connectivity index (χ3n) is 2.10. The number of anilines is 2. The van der Waals surface area contributed by atoms with Crippen LogP contribution in [0, 0.1) is 12.8 Å². The van der Waals surface area contributed by atoms with E-state index in [1.165, 1.54) is 6.33 Å². The Labute approximate surface area is 85.2 Å². The van der Waals surface area contributed by atoms with Crippen LogP contribution in [-0.2, 0) is 0 Å². The number of nitrogens with two attached hydrogens (primary N) is 1. The zero-order valence-electron chi connectivity index (χ0n) is 9.28. The standard InChI is InChI=1S/C10H18N4/c1-7(2)5-14(4)10-8(3)9(11)12-6-13-10/h6-7H,5H2,1-4H3,(H2,11,12,13). The third kappa shape index (κ3) is 2.34. The first-order valence-corrected chi connectivity index (χ1v) is 4.80. The van der Waals surface area contributed by atoms with Gasteiger partial charge in [-0.05, 0) is 12.8 Å². The molecule has 0 radical (unpaired) electrons. The SMILES string of the molecule is Cc1c(N)ncnc1N(C)CC(C)C. The molecular formula is C10H18N4. The third-order valence-corrected chi connectivity index (χ3v) is 2.10. The van der Waals surface area contributed by atoms with Crippen LogP contribution in [0.3, 0.4) is 0 Å². The van der Waals surface area contributed by atoms with Crippen LogP contribution in [0.2, 0.25) is 0 Å². The molecule has 4 nitrogen and oxygen atoms in total. The van der Waals surface area contributed by atoms with Gasteiger partial charge in [0.15, 0.2) is 0 Å². The van der Waals surface area contributed by atoms with Gasteiger partial charge in [0.1, 0.15) is 18.0 Å². The molecule has 14 heavy (non-hydrogen) atoms. The van der Waals surface area contributed by atoms with Crippen LogP contribution in [0.1, 0.15) is 19.4 Å². The van der Waals surface area contributed by atoms with Gasteiger partial charge in [0, 0.05) is 19.2 Å². The second-order valence-corrected chi connectivity index (χ2v) is 3.98. The van der Waals surface area contributed by atoms with E-state index in [-0.39, 0.29) is 0 Å². The predicted molar refractivity (Wildman–Crippen MR) is 59.3 cm³/mol. The Balaban J connectivity index is 2.89. The molecular weight excluding hydrogens is 176 g/mol. The summed E-state index contributed by atoms with van der Waals surface area (Å²) in [4.78, 5) is 10.3. The van der Waals surface area contributed by atoms with Crippen molar-refractivity contribution < 1.29 is 0 Å². The molecule has 0 aliphatic rings. The molecule has 1 rings (SSSR count). The summed E-state index contributed by atoms with van der Waals surface area (Å²) in [6.45, 7) is 7.27. The van der Waals surface area contributed by atoms with Crippen LogP contribution in [0.5, 0.6) is 0 Å². The number of hydrogen-bond donors (Lipinski definition) is 1. The van der Waals surface area contributed by atoms with Gasteiger partial charge in [-0.2, -0.15) is 0 Å². The molecule has 0 aliphatic carbocycles. The van der Waals surface area contributed by atoms with Crippen molar-refractivity contribution in [2.45, 2.75) is 20.8 Å². The summed E-state index contributed by atoms with van der Waals surface area (Å²) >= 11 is 0. The summed E-state index contributed by atoms with van der Waals surface area (Å²) in [6.07, 6.45) is 1.51. The monoisotopic (exact) mass is 194 g/mol. The summed E-state index contributed by atoms with van der Waals surface area (Å²) in [6, 6.07) is 0. The molecule has 2 N–H and O–H groups in total. The lowest BCUT2D eigenvalue weighted by atomic mass is 10.2. The molecule has 1 aromatic heterocycles. The smallest absolute Gasteiger partial charge is 0.136 e. The number of nitrogens with zero attached hydrogens (tertiary/aromatic N) is 3. The van der Waals surface area contributed by atoms with Crippen molar-refractivity contribution in [1.82, 2.24) is 9.97 Å². The summed E-state index contributed by atoms with van der Waals surface area (Å²) in [7, 11) is 2.02. The normalized spacial score (nSPS) is 10.6. The Morgan fingerprint density at radius 2 is 2.07 bits per heavy atom. The highest BCUT2D eigenvalue weighted by atomic mass is 15.2. The van der Waals surface area contributed by atoms with Gasteiger partial charge in [-0.15, -0.1) is 0 Å². The summed E-state index contributed by atoms with van der Waals surface area (Å²) in [5.74, 6) is 2.09. The van der Waals surface area contributed by atoms with E-state index in [1.54, 1.807) is 0 Å². The van der Waals surface area contributed by atoms with Crippen molar-refractivity contribution in [3.05, 3.63) is 11.9 Å². The maximum absolute atomic E-state index is 5.71. The van der Waals surface area contributed by atoms with Crippen LogP contribution in [0.15, 0.2) is 6.33 Å². The Morgan fingerprint density at radius 1 is 1.43 bits per heavy atom. The zero-order chi connectivity index (χ0) is 10.7. The first-order chi connectivity index (χ1) is 6.52. The molecule has 0 bridgehead atoms. The van der Waals surface area contributed by atoms with Gasteiger partial charge in [0.05, 0.1) is 0 Å². The molecule has 0 amide bonds. The predicted octanol–water partition coefficient (Wildman–Crippen LogP) is 1.46. The number of hydrogen-bond acceptors (Lipinski definition) is 4. The van der Waals surface area contributed by atoms with Crippen molar-refractivity contribution in [3.8, 4) is 0 Å².